The molecule has 2 heterocycles. The minimum Gasteiger partial charge on any atom is -0.457 e. The zero-order chi connectivity index (χ0) is 12.1. The molecule has 1 aromatic heterocycles. The average Bonchev–Trinajstić information content (AvgIpc) is 2.76. The number of furan rings is 1. The van der Waals surface area contributed by atoms with Gasteiger partial charge in [-0.2, -0.15) is 0 Å². The Bertz CT molecular complexity index is 788. The Morgan fingerprint density at radius 2 is 1.89 bits per heavy atom. The lowest BCUT2D eigenvalue weighted by Gasteiger charge is -2.11. The van der Waals surface area contributed by atoms with Crippen LogP contribution in [-0.2, 0) is 0 Å². The van der Waals surface area contributed by atoms with Gasteiger partial charge >= 0.3 is 0 Å². The van der Waals surface area contributed by atoms with Gasteiger partial charge in [-0.25, -0.2) is 0 Å². The lowest BCUT2D eigenvalue weighted by atomic mass is 10.0. The molecule has 0 spiro atoms. The second-order valence-corrected chi connectivity index (χ2v) is 4.87. The molecule has 1 atom stereocenters. The van der Waals surface area contributed by atoms with E-state index >= 15 is 0 Å². The van der Waals surface area contributed by atoms with E-state index in [0.717, 1.165) is 22.3 Å². The molecule has 3 aromatic rings. The summed E-state index contributed by atoms with van der Waals surface area (Å²) in [5.41, 5.74) is 1.67. The lowest BCUT2D eigenvalue weighted by molar-refractivity contribution is 0.523. The molecular formula is C15H10ClNO. The fourth-order valence-corrected chi connectivity index (χ4v) is 2.71. The smallest absolute Gasteiger partial charge is 0.160 e. The molecular weight excluding hydrogens is 246 g/mol. The van der Waals surface area contributed by atoms with Crippen LogP contribution in [-0.4, -0.2) is 0 Å². The molecule has 0 saturated carbocycles. The number of rotatable bonds is 0. The van der Waals surface area contributed by atoms with E-state index < -0.39 is 0 Å². The van der Waals surface area contributed by atoms with Crippen LogP contribution >= 0.6 is 11.6 Å². The molecule has 0 saturated heterocycles. The second-order valence-electron chi connectivity index (χ2n) is 4.44. The van der Waals surface area contributed by atoms with E-state index in [1.807, 2.05) is 24.4 Å². The van der Waals surface area contributed by atoms with E-state index in [4.69, 9.17) is 16.0 Å². The molecule has 0 amide bonds. The molecule has 1 aliphatic rings. The number of fused-ring (bicyclic) bond motifs is 4. The molecule has 18 heavy (non-hydrogen) atoms. The van der Waals surface area contributed by atoms with E-state index in [0.29, 0.717) is 0 Å². The highest BCUT2D eigenvalue weighted by Gasteiger charge is 2.21. The molecule has 1 N–H and O–H groups in total. The first kappa shape index (κ1) is 10.0. The van der Waals surface area contributed by atoms with E-state index in [9.17, 15) is 0 Å². The summed E-state index contributed by atoms with van der Waals surface area (Å²) in [6.45, 7) is 0. The van der Waals surface area contributed by atoms with Crippen LogP contribution in [0.1, 0.15) is 16.8 Å². The third-order valence-electron chi connectivity index (χ3n) is 3.35. The Kier molecular flexibility index (Phi) is 1.97. The topological polar surface area (TPSA) is 25.2 Å². The molecule has 0 bridgehead atoms. The Balaban J connectivity index is 2.14. The molecule has 0 fully saturated rings. The van der Waals surface area contributed by atoms with Crippen LogP contribution in [0.4, 0.5) is 0 Å². The van der Waals surface area contributed by atoms with E-state index in [2.05, 4.69) is 29.6 Å². The van der Waals surface area contributed by atoms with Crippen LogP contribution in [0.25, 0.3) is 27.8 Å². The van der Waals surface area contributed by atoms with Crippen LogP contribution in [0.2, 0.25) is 0 Å². The van der Waals surface area contributed by atoms with E-state index in [-0.39, 0.29) is 5.50 Å². The Morgan fingerprint density at radius 1 is 1.11 bits per heavy atom. The SMILES string of the molecule is ClC1NC=Cc2c1oc1cc3ccccc3cc21. The Morgan fingerprint density at radius 3 is 2.72 bits per heavy atom. The molecule has 2 aromatic carbocycles. The standard InChI is InChI=1S/C15H10ClNO/c16-15-14-11(5-6-17-15)12-7-9-3-1-2-4-10(9)8-13(12)18-14/h1-8,15,17H. The van der Waals surface area contributed by atoms with Crippen LogP contribution < -0.4 is 5.32 Å². The summed E-state index contributed by atoms with van der Waals surface area (Å²) in [7, 11) is 0. The van der Waals surface area contributed by atoms with Gasteiger partial charge in [0, 0.05) is 10.9 Å². The maximum atomic E-state index is 6.19. The van der Waals surface area contributed by atoms with Crippen molar-refractivity contribution < 1.29 is 4.42 Å². The van der Waals surface area contributed by atoms with Crippen molar-refractivity contribution >= 4 is 39.4 Å². The molecule has 1 aliphatic heterocycles. The molecule has 2 nitrogen and oxygen atoms in total. The van der Waals surface area contributed by atoms with Crippen molar-refractivity contribution in [2.24, 2.45) is 0 Å². The first-order valence-corrected chi connectivity index (χ1v) is 6.28. The van der Waals surface area contributed by atoms with E-state index in [1.54, 1.807) is 0 Å². The van der Waals surface area contributed by atoms with E-state index in [1.165, 1.54) is 10.8 Å². The van der Waals surface area contributed by atoms with Gasteiger partial charge in [0.05, 0.1) is 0 Å². The fraction of sp³-hybridized carbons (Fsp3) is 0.0667. The molecule has 3 heteroatoms. The molecule has 1 unspecified atom stereocenters. The average molecular weight is 256 g/mol. The van der Waals surface area contributed by atoms with Crippen molar-refractivity contribution in [3.05, 3.63) is 53.9 Å². The molecule has 88 valence electrons. The van der Waals surface area contributed by atoms with Crippen molar-refractivity contribution in [1.82, 2.24) is 5.32 Å². The maximum Gasteiger partial charge on any atom is 0.160 e. The first-order chi connectivity index (χ1) is 8.83. The normalized spacial score (nSPS) is 17.9. The molecule has 0 radical (unpaired) electrons. The minimum absolute atomic E-state index is 0.291. The zero-order valence-electron chi connectivity index (χ0n) is 9.48. The summed E-state index contributed by atoms with van der Waals surface area (Å²) in [6, 6.07) is 12.5. The minimum atomic E-state index is -0.291. The highest BCUT2D eigenvalue weighted by molar-refractivity contribution is 6.21. The number of halogens is 1. The van der Waals surface area contributed by atoms with Crippen molar-refractivity contribution in [2.45, 2.75) is 5.50 Å². The second kappa shape index (κ2) is 3.53. The van der Waals surface area contributed by atoms with Gasteiger partial charge in [0.1, 0.15) is 11.3 Å². The van der Waals surface area contributed by atoms with Crippen molar-refractivity contribution in [3.63, 3.8) is 0 Å². The van der Waals surface area contributed by atoms with Gasteiger partial charge < -0.3 is 9.73 Å². The fourth-order valence-electron chi connectivity index (χ4n) is 2.47. The Labute approximate surface area is 109 Å². The largest absolute Gasteiger partial charge is 0.457 e. The van der Waals surface area contributed by atoms with Crippen LogP contribution in [0.15, 0.2) is 47.0 Å². The van der Waals surface area contributed by atoms with Crippen molar-refractivity contribution in [3.8, 4) is 0 Å². The van der Waals surface area contributed by atoms with Crippen molar-refractivity contribution in [1.29, 1.82) is 0 Å². The number of hydrogen-bond donors (Lipinski definition) is 1. The van der Waals surface area contributed by atoms with Gasteiger partial charge in [0.25, 0.3) is 0 Å². The highest BCUT2D eigenvalue weighted by Crippen LogP contribution is 2.36. The third-order valence-corrected chi connectivity index (χ3v) is 3.67. The lowest BCUT2D eigenvalue weighted by Crippen LogP contribution is -2.12. The molecule has 0 aliphatic carbocycles. The van der Waals surface area contributed by atoms with Gasteiger partial charge in [-0.1, -0.05) is 35.9 Å². The van der Waals surface area contributed by atoms with Crippen molar-refractivity contribution in [2.75, 3.05) is 0 Å². The monoisotopic (exact) mass is 255 g/mol. The predicted octanol–water partition coefficient (Wildman–Crippen LogP) is 4.40. The van der Waals surface area contributed by atoms with Crippen LogP contribution in [0.5, 0.6) is 0 Å². The number of alkyl halides is 1. The number of nitrogens with one attached hydrogen (secondary N) is 1. The van der Waals surface area contributed by atoms with Crippen LogP contribution in [0, 0.1) is 0 Å². The van der Waals surface area contributed by atoms with Gasteiger partial charge in [-0.05, 0) is 35.2 Å². The summed E-state index contributed by atoms with van der Waals surface area (Å²) in [4.78, 5) is 0. The summed E-state index contributed by atoms with van der Waals surface area (Å²) in [5.74, 6) is 0.796. The van der Waals surface area contributed by atoms with Gasteiger partial charge in [-0.15, -0.1) is 0 Å². The predicted molar refractivity (Wildman–Crippen MR) is 74.5 cm³/mol. The van der Waals surface area contributed by atoms with Gasteiger partial charge in [0.15, 0.2) is 5.50 Å². The summed E-state index contributed by atoms with van der Waals surface area (Å²) < 4.78 is 5.87. The Hall–Kier alpha value is -1.93. The molecule has 4 rings (SSSR count). The van der Waals surface area contributed by atoms with Gasteiger partial charge in [-0.3, -0.25) is 0 Å². The summed E-state index contributed by atoms with van der Waals surface area (Å²) >= 11 is 6.19. The van der Waals surface area contributed by atoms with Crippen LogP contribution in [0.3, 0.4) is 0 Å². The zero-order valence-corrected chi connectivity index (χ0v) is 10.2. The quantitative estimate of drug-likeness (QED) is 0.476. The first-order valence-electron chi connectivity index (χ1n) is 5.85. The summed E-state index contributed by atoms with van der Waals surface area (Å²) in [5, 5.41) is 6.54. The van der Waals surface area contributed by atoms with Gasteiger partial charge in [0.2, 0.25) is 0 Å². The maximum absolute atomic E-state index is 6.19. The third kappa shape index (κ3) is 1.30. The summed E-state index contributed by atoms with van der Waals surface area (Å²) in [6.07, 6.45) is 3.87. The number of hydrogen-bond acceptors (Lipinski definition) is 2. The number of benzene rings is 2. The highest BCUT2D eigenvalue weighted by atomic mass is 35.5.